The fraction of sp³-hybridized carbons (Fsp3) is 0.192. The third-order valence-corrected chi connectivity index (χ3v) is 5.78. The minimum absolute atomic E-state index is 0.142. The van der Waals surface area contributed by atoms with Crippen LogP contribution in [-0.2, 0) is 0 Å². The van der Waals surface area contributed by atoms with E-state index in [-0.39, 0.29) is 12.1 Å². The highest BCUT2D eigenvalue weighted by atomic mass is 16.2. The Morgan fingerprint density at radius 3 is 2.26 bits per heavy atom. The maximum Gasteiger partial charge on any atom is 0.330 e. The summed E-state index contributed by atoms with van der Waals surface area (Å²) in [6, 6.07) is 24.1. The zero-order valence-electron chi connectivity index (χ0n) is 17.7. The summed E-state index contributed by atoms with van der Waals surface area (Å²) in [5.74, 6) is 0. The number of amides is 2. The second-order valence-electron chi connectivity index (χ2n) is 8.25. The van der Waals surface area contributed by atoms with Gasteiger partial charge in [0.2, 0.25) is 0 Å². The first-order chi connectivity index (χ1) is 14.9. The van der Waals surface area contributed by atoms with Crippen molar-refractivity contribution >= 4 is 23.1 Å². The first kappa shape index (κ1) is 20.2. The third-order valence-electron chi connectivity index (χ3n) is 5.78. The summed E-state index contributed by atoms with van der Waals surface area (Å²) >= 11 is 0. The van der Waals surface area contributed by atoms with Gasteiger partial charge in [0, 0.05) is 11.4 Å². The van der Waals surface area contributed by atoms with Gasteiger partial charge in [0.1, 0.15) is 0 Å². The molecule has 0 aromatic heterocycles. The molecule has 4 rings (SSSR count). The lowest BCUT2D eigenvalue weighted by molar-refractivity contribution is 0.254. The number of carbonyl (C=O) groups is 1. The molecule has 152 valence electrons. The minimum Gasteiger partial charge on any atom is -0.286 e. The van der Waals surface area contributed by atoms with Crippen LogP contribution in [0, 0.1) is 24.8 Å². The van der Waals surface area contributed by atoms with Crippen LogP contribution in [0.2, 0.25) is 0 Å². The van der Waals surface area contributed by atoms with Crippen LogP contribution in [0.1, 0.15) is 36.6 Å². The van der Waals surface area contributed by atoms with Crippen molar-refractivity contribution in [3.8, 4) is 6.07 Å². The second kappa shape index (κ2) is 7.63. The quantitative estimate of drug-likeness (QED) is 0.474. The van der Waals surface area contributed by atoms with Crippen molar-refractivity contribution in [1.29, 1.82) is 5.26 Å². The molecule has 0 bridgehead atoms. The Bertz CT molecular complexity index is 1210. The molecule has 0 N–H and O–H groups in total. The third kappa shape index (κ3) is 3.41. The summed E-state index contributed by atoms with van der Waals surface area (Å²) < 4.78 is 0. The van der Waals surface area contributed by atoms with E-state index in [2.05, 4.69) is 10.9 Å². The van der Waals surface area contributed by atoms with Gasteiger partial charge < -0.3 is 0 Å². The van der Waals surface area contributed by atoms with Crippen LogP contribution >= 0.6 is 0 Å². The van der Waals surface area contributed by atoms with Crippen molar-refractivity contribution in [3.05, 3.63) is 101 Å². The number of rotatable bonds is 3. The highest BCUT2D eigenvalue weighted by molar-refractivity contribution is 6.08. The molecular formula is C26H22N4O. The van der Waals surface area contributed by atoms with Gasteiger partial charge in [-0.25, -0.2) is 9.64 Å². The number of nitriles is 1. The summed E-state index contributed by atoms with van der Waals surface area (Å²) in [4.78, 5) is 21.0. The van der Waals surface area contributed by atoms with Gasteiger partial charge >= 0.3 is 6.03 Å². The van der Waals surface area contributed by atoms with Crippen molar-refractivity contribution in [1.82, 2.24) is 0 Å². The molecule has 1 aliphatic heterocycles. The lowest BCUT2D eigenvalue weighted by Crippen LogP contribution is -2.43. The van der Waals surface area contributed by atoms with Crippen LogP contribution in [-0.4, -0.2) is 11.6 Å². The predicted molar refractivity (Wildman–Crippen MR) is 122 cm³/mol. The molecule has 0 radical (unpaired) electrons. The van der Waals surface area contributed by atoms with Crippen LogP contribution in [0.5, 0.6) is 0 Å². The van der Waals surface area contributed by atoms with Gasteiger partial charge in [-0.05, 0) is 62.7 Å². The van der Waals surface area contributed by atoms with Crippen molar-refractivity contribution in [3.63, 3.8) is 0 Å². The van der Waals surface area contributed by atoms with Crippen molar-refractivity contribution in [2.45, 2.75) is 32.4 Å². The molecule has 0 unspecified atom stereocenters. The smallest absolute Gasteiger partial charge is 0.286 e. The summed E-state index contributed by atoms with van der Waals surface area (Å²) in [6.45, 7) is 13.5. The Kier molecular flexibility index (Phi) is 4.97. The molecule has 1 aliphatic rings. The van der Waals surface area contributed by atoms with E-state index in [0.29, 0.717) is 11.3 Å². The average molecular weight is 406 g/mol. The molecule has 5 heteroatoms. The predicted octanol–water partition coefficient (Wildman–Crippen LogP) is 6.38. The molecule has 2 amide bonds. The number of urea groups is 1. The van der Waals surface area contributed by atoms with Crippen LogP contribution in [0.15, 0.2) is 72.8 Å². The molecule has 3 aromatic carbocycles. The standard InChI is InChI=1S/C26H22N4O/c1-18-8-12-22(13-9-18)29-24(20-6-5-7-21(16-20)28-4)26(2,3)30(25(29)31)23-14-10-19(17-27)11-15-23/h5-16,24H,1-3H3/t24-/m1/s1. The molecule has 1 heterocycles. The van der Waals surface area contributed by atoms with E-state index in [1.165, 1.54) is 0 Å². The zero-order valence-corrected chi connectivity index (χ0v) is 17.7. The molecule has 5 nitrogen and oxygen atoms in total. The molecule has 1 fully saturated rings. The Balaban J connectivity index is 1.90. The number of carbonyl (C=O) groups excluding carboxylic acids is 1. The number of nitrogens with zero attached hydrogens (tertiary/aromatic N) is 4. The maximum absolute atomic E-state index is 13.8. The van der Waals surface area contributed by atoms with Crippen molar-refractivity contribution in [2.75, 3.05) is 9.80 Å². The van der Waals surface area contributed by atoms with Crippen LogP contribution in [0.3, 0.4) is 0 Å². The highest BCUT2D eigenvalue weighted by Gasteiger charge is 2.53. The van der Waals surface area contributed by atoms with E-state index in [1.54, 1.807) is 28.0 Å². The first-order valence-electron chi connectivity index (χ1n) is 10.0. The molecule has 0 spiro atoms. The number of benzene rings is 3. The summed E-state index contributed by atoms with van der Waals surface area (Å²) in [6.07, 6.45) is 0. The number of aryl methyl sites for hydroxylation is 1. The normalized spacial score (nSPS) is 17.3. The zero-order chi connectivity index (χ0) is 22.2. The van der Waals surface area contributed by atoms with Crippen LogP contribution in [0.25, 0.3) is 4.85 Å². The molecule has 0 aliphatic carbocycles. The molecule has 1 saturated heterocycles. The van der Waals surface area contributed by atoms with Crippen LogP contribution < -0.4 is 9.80 Å². The van der Waals surface area contributed by atoms with E-state index in [0.717, 1.165) is 22.5 Å². The number of anilines is 2. The van der Waals surface area contributed by atoms with Gasteiger partial charge in [-0.15, -0.1) is 0 Å². The summed E-state index contributed by atoms with van der Waals surface area (Å²) in [5.41, 5.74) is 4.03. The highest BCUT2D eigenvalue weighted by Crippen LogP contribution is 2.48. The van der Waals surface area contributed by atoms with Gasteiger partial charge in [-0.3, -0.25) is 9.80 Å². The summed E-state index contributed by atoms with van der Waals surface area (Å²) in [5, 5.41) is 9.14. The van der Waals surface area contributed by atoms with Gasteiger partial charge in [-0.2, -0.15) is 5.26 Å². The Hall–Kier alpha value is -4.09. The van der Waals surface area contributed by atoms with E-state index >= 15 is 0 Å². The molecule has 31 heavy (non-hydrogen) atoms. The SMILES string of the molecule is [C-]#[N+]c1cccc([C@H]2N(c3ccc(C)cc3)C(=O)N(c3ccc(C#N)cc3)C2(C)C)c1. The van der Waals surface area contributed by atoms with Crippen molar-refractivity contribution < 1.29 is 4.79 Å². The topological polar surface area (TPSA) is 51.7 Å². The lowest BCUT2D eigenvalue weighted by atomic mass is 9.87. The van der Waals surface area contributed by atoms with E-state index in [1.807, 2.05) is 75.4 Å². The number of hydrogen-bond donors (Lipinski definition) is 0. The minimum atomic E-state index is -0.614. The van der Waals surface area contributed by atoms with Gasteiger partial charge in [0.25, 0.3) is 0 Å². The first-order valence-corrected chi connectivity index (χ1v) is 10.0. The fourth-order valence-corrected chi connectivity index (χ4v) is 4.32. The van der Waals surface area contributed by atoms with E-state index < -0.39 is 5.54 Å². The van der Waals surface area contributed by atoms with E-state index in [4.69, 9.17) is 11.8 Å². The Labute approximate surface area is 182 Å². The molecule has 0 saturated carbocycles. The molecule has 3 aromatic rings. The van der Waals surface area contributed by atoms with Gasteiger partial charge in [0.15, 0.2) is 5.69 Å². The lowest BCUT2D eigenvalue weighted by Gasteiger charge is -2.35. The Morgan fingerprint density at radius 1 is 1.00 bits per heavy atom. The largest absolute Gasteiger partial charge is 0.330 e. The second-order valence-corrected chi connectivity index (χ2v) is 8.25. The van der Waals surface area contributed by atoms with Crippen molar-refractivity contribution in [2.24, 2.45) is 0 Å². The average Bonchev–Trinajstić information content (AvgIpc) is 2.99. The Morgan fingerprint density at radius 2 is 1.65 bits per heavy atom. The fourth-order valence-electron chi connectivity index (χ4n) is 4.32. The van der Waals surface area contributed by atoms with Crippen LogP contribution in [0.4, 0.5) is 21.9 Å². The monoisotopic (exact) mass is 406 g/mol. The van der Waals surface area contributed by atoms with Gasteiger partial charge in [-0.1, -0.05) is 42.0 Å². The molecular weight excluding hydrogens is 384 g/mol. The maximum atomic E-state index is 13.8. The van der Waals surface area contributed by atoms with Gasteiger partial charge in [0.05, 0.1) is 29.8 Å². The number of hydrogen-bond acceptors (Lipinski definition) is 2. The molecule has 1 atom stereocenters. The summed E-state index contributed by atoms with van der Waals surface area (Å²) in [7, 11) is 0. The van der Waals surface area contributed by atoms with E-state index in [9.17, 15) is 4.79 Å².